The molecule has 2 aromatic heterocycles. The first-order valence-corrected chi connectivity index (χ1v) is 12.0. The highest BCUT2D eigenvalue weighted by Gasteiger charge is 2.19. The Morgan fingerprint density at radius 3 is 2.60 bits per heavy atom. The lowest BCUT2D eigenvalue weighted by Gasteiger charge is -2.11. The first kappa shape index (κ1) is 22.1. The van der Waals surface area contributed by atoms with Gasteiger partial charge in [0.2, 0.25) is 15.8 Å². The molecule has 0 spiro atoms. The second-order valence-electron chi connectivity index (χ2n) is 6.90. The van der Waals surface area contributed by atoms with Crippen molar-refractivity contribution in [1.82, 2.24) is 9.71 Å². The number of ether oxygens (including phenoxy) is 1. The Bertz CT molecular complexity index is 1220. The third-order valence-electron chi connectivity index (χ3n) is 4.54. The van der Waals surface area contributed by atoms with E-state index in [0.717, 1.165) is 27.6 Å². The van der Waals surface area contributed by atoms with Crippen LogP contribution in [0.1, 0.15) is 36.2 Å². The molecule has 3 aromatic rings. The van der Waals surface area contributed by atoms with Crippen molar-refractivity contribution in [3.05, 3.63) is 63.0 Å². The molecule has 30 heavy (non-hydrogen) atoms. The van der Waals surface area contributed by atoms with Crippen LogP contribution in [0, 0.1) is 13.8 Å². The average molecular weight is 447 g/mol. The van der Waals surface area contributed by atoms with Gasteiger partial charge >= 0.3 is 5.97 Å². The maximum atomic E-state index is 12.6. The number of ketones is 1. The molecule has 9 heteroatoms. The summed E-state index contributed by atoms with van der Waals surface area (Å²) >= 11 is 1.26. The largest absolute Gasteiger partial charge is 0.454 e. The van der Waals surface area contributed by atoms with Crippen molar-refractivity contribution in [2.24, 2.45) is 0 Å². The zero-order valence-corrected chi connectivity index (χ0v) is 18.5. The SMILES string of the molecule is Cc1nc2ccccc2c(C)c1C(=O)OCC(=O)c1ccc(CCNS(C)(=O)=O)s1. The normalized spacial score (nSPS) is 11.6. The minimum Gasteiger partial charge on any atom is -0.454 e. The van der Waals surface area contributed by atoms with E-state index in [-0.39, 0.29) is 18.9 Å². The van der Waals surface area contributed by atoms with Crippen molar-refractivity contribution in [2.45, 2.75) is 20.3 Å². The molecule has 0 radical (unpaired) electrons. The zero-order valence-electron chi connectivity index (χ0n) is 16.9. The van der Waals surface area contributed by atoms with Crippen molar-refractivity contribution >= 4 is 44.0 Å². The lowest BCUT2D eigenvalue weighted by atomic mass is 10.0. The van der Waals surface area contributed by atoms with Crippen LogP contribution < -0.4 is 4.72 Å². The van der Waals surface area contributed by atoms with Gasteiger partial charge in [-0.05, 0) is 44.0 Å². The van der Waals surface area contributed by atoms with Crippen molar-refractivity contribution < 1.29 is 22.7 Å². The van der Waals surface area contributed by atoms with Crippen molar-refractivity contribution in [3.63, 3.8) is 0 Å². The van der Waals surface area contributed by atoms with Crippen molar-refractivity contribution in [3.8, 4) is 0 Å². The molecule has 3 rings (SSSR count). The third-order valence-corrected chi connectivity index (χ3v) is 6.46. The first-order chi connectivity index (χ1) is 14.2. The molecule has 0 bridgehead atoms. The fourth-order valence-electron chi connectivity index (χ4n) is 3.13. The minimum atomic E-state index is -3.24. The van der Waals surface area contributed by atoms with Crippen LogP contribution in [0.4, 0.5) is 0 Å². The second kappa shape index (κ2) is 9.03. The molecule has 1 aromatic carbocycles. The number of Topliss-reactive ketones (excluding diaryl/α,β-unsaturated/α-hetero) is 1. The summed E-state index contributed by atoms with van der Waals surface area (Å²) < 4.78 is 29.9. The fraction of sp³-hybridized carbons (Fsp3) is 0.286. The number of thiophene rings is 1. The number of hydrogen-bond acceptors (Lipinski definition) is 7. The molecule has 1 N–H and O–H groups in total. The standard InChI is InChI=1S/C21H22N2O5S2/c1-13-16-6-4-5-7-17(16)23-14(2)20(13)21(25)28-12-18(24)19-9-8-15(29-19)10-11-22-30(3,26)27/h4-9,22H,10-12H2,1-3H3. The molecule has 0 saturated carbocycles. The van der Waals surface area contributed by atoms with Gasteiger partial charge in [0.15, 0.2) is 6.61 Å². The van der Waals surface area contributed by atoms with Gasteiger partial charge in [-0.3, -0.25) is 9.78 Å². The number of benzene rings is 1. The summed E-state index contributed by atoms with van der Waals surface area (Å²) in [5, 5.41) is 0.868. The van der Waals surface area contributed by atoms with Gasteiger partial charge in [-0.15, -0.1) is 11.3 Å². The van der Waals surface area contributed by atoms with Crippen LogP contribution in [0.15, 0.2) is 36.4 Å². The van der Waals surface area contributed by atoms with E-state index in [1.807, 2.05) is 31.2 Å². The molecular formula is C21H22N2O5S2. The first-order valence-electron chi connectivity index (χ1n) is 9.25. The van der Waals surface area contributed by atoms with Crippen LogP contribution in [0.2, 0.25) is 0 Å². The molecular weight excluding hydrogens is 424 g/mol. The Morgan fingerprint density at radius 2 is 1.87 bits per heavy atom. The Kier molecular flexibility index (Phi) is 6.64. The summed E-state index contributed by atoms with van der Waals surface area (Å²) in [5.41, 5.74) is 2.50. The molecule has 0 aliphatic rings. The van der Waals surface area contributed by atoms with E-state index in [1.165, 1.54) is 11.3 Å². The maximum Gasteiger partial charge on any atom is 0.340 e. The van der Waals surface area contributed by atoms with Gasteiger partial charge in [-0.2, -0.15) is 0 Å². The molecule has 158 valence electrons. The van der Waals surface area contributed by atoms with Gasteiger partial charge in [0, 0.05) is 16.8 Å². The number of carbonyl (C=O) groups is 2. The summed E-state index contributed by atoms with van der Waals surface area (Å²) in [7, 11) is -3.24. The quantitative estimate of drug-likeness (QED) is 0.421. The number of aromatic nitrogens is 1. The summed E-state index contributed by atoms with van der Waals surface area (Å²) in [5.74, 6) is -0.884. The van der Waals surface area contributed by atoms with Crippen LogP contribution >= 0.6 is 11.3 Å². The number of fused-ring (bicyclic) bond motifs is 1. The van der Waals surface area contributed by atoms with Gasteiger partial charge < -0.3 is 4.74 Å². The number of pyridine rings is 1. The maximum absolute atomic E-state index is 12.6. The van der Waals surface area contributed by atoms with E-state index in [1.54, 1.807) is 19.1 Å². The Morgan fingerprint density at radius 1 is 1.13 bits per heavy atom. The summed E-state index contributed by atoms with van der Waals surface area (Å²) in [6.45, 7) is 3.47. The van der Waals surface area contributed by atoms with E-state index >= 15 is 0 Å². The van der Waals surface area contributed by atoms with E-state index < -0.39 is 16.0 Å². The molecule has 0 saturated heterocycles. The molecule has 0 unspecified atom stereocenters. The van der Waals surface area contributed by atoms with Gasteiger partial charge in [0.1, 0.15) is 0 Å². The number of hydrogen-bond donors (Lipinski definition) is 1. The van der Waals surface area contributed by atoms with E-state index in [9.17, 15) is 18.0 Å². The molecule has 0 atom stereocenters. The molecule has 0 aliphatic carbocycles. The number of aryl methyl sites for hydroxylation is 2. The third kappa shape index (κ3) is 5.29. The van der Waals surface area contributed by atoms with Crippen LogP contribution in [0.5, 0.6) is 0 Å². The van der Waals surface area contributed by atoms with E-state index in [0.29, 0.717) is 22.6 Å². The highest BCUT2D eigenvalue weighted by molar-refractivity contribution is 7.88. The van der Waals surface area contributed by atoms with Crippen LogP contribution in [0.3, 0.4) is 0 Å². The van der Waals surface area contributed by atoms with Crippen LogP contribution in [0.25, 0.3) is 10.9 Å². The Labute approximate surface area is 179 Å². The summed E-state index contributed by atoms with van der Waals surface area (Å²) in [6.07, 6.45) is 1.57. The summed E-state index contributed by atoms with van der Waals surface area (Å²) in [6, 6.07) is 11.0. The van der Waals surface area contributed by atoms with Gasteiger partial charge in [-0.1, -0.05) is 18.2 Å². The predicted molar refractivity (Wildman–Crippen MR) is 117 cm³/mol. The number of rotatable bonds is 8. The molecule has 0 fully saturated rings. The topological polar surface area (TPSA) is 102 Å². The highest BCUT2D eigenvalue weighted by Crippen LogP contribution is 2.23. The van der Waals surface area contributed by atoms with Crippen molar-refractivity contribution in [2.75, 3.05) is 19.4 Å². The number of sulfonamides is 1. The van der Waals surface area contributed by atoms with Gasteiger partial charge in [-0.25, -0.2) is 17.9 Å². The monoisotopic (exact) mass is 446 g/mol. The number of nitrogens with one attached hydrogen (secondary N) is 1. The fourth-order valence-corrected chi connectivity index (χ4v) is 4.53. The van der Waals surface area contributed by atoms with E-state index in [2.05, 4.69) is 9.71 Å². The number of para-hydroxylation sites is 1. The zero-order chi connectivity index (χ0) is 21.9. The predicted octanol–water partition coefficient (Wildman–Crippen LogP) is 3.04. The van der Waals surface area contributed by atoms with Gasteiger partial charge in [0.25, 0.3) is 0 Å². The van der Waals surface area contributed by atoms with Crippen molar-refractivity contribution in [1.29, 1.82) is 0 Å². The van der Waals surface area contributed by atoms with Crippen LogP contribution in [-0.2, 0) is 21.2 Å². The Hall–Kier alpha value is -2.62. The molecule has 0 aliphatic heterocycles. The lowest BCUT2D eigenvalue weighted by Crippen LogP contribution is -2.24. The average Bonchev–Trinajstić information content (AvgIpc) is 3.14. The number of nitrogens with zero attached hydrogens (tertiary/aromatic N) is 1. The Balaban J connectivity index is 1.64. The molecule has 0 amide bonds. The number of esters is 1. The number of carbonyl (C=O) groups excluding carboxylic acids is 2. The summed E-state index contributed by atoms with van der Waals surface area (Å²) in [4.78, 5) is 30.8. The minimum absolute atomic E-state index is 0.259. The smallest absolute Gasteiger partial charge is 0.340 e. The van der Waals surface area contributed by atoms with Crippen LogP contribution in [-0.4, -0.2) is 44.6 Å². The highest BCUT2D eigenvalue weighted by atomic mass is 32.2. The molecule has 2 heterocycles. The lowest BCUT2D eigenvalue weighted by molar-refractivity contribution is 0.0474. The van der Waals surface area contributed by atoms with Gasteiger partial charge in [0.05, 0.1) is 27.9 Å². The molecule has 7 nitrogen and oxygen atoms in total. The van der Waals surface area contributed by atoms with E-state index in [4.69, 9.17) is 4.74 Å². The second-order valence-corrected chi connectivity index (χ2v) is 9.90.